The molecule has 2 aliphatic heterocycles. The van der Waals surface area contributed by atoms with Gasteiger partial charge in [0, 0.05) is 64.1 Å². The van der Waals surface area contributed by atoms with Crippen LogP contribution < -0.4 is 4.90 Å². The molecule has 8 heteroatoms. The van der Waals surface area contributed by atoms with Crippen LogP contribution in [-0.4, -0.2) is 85.6 Å². The molecule has 35 heavy (non-hydrogen) atoms. The highest BCUT2D eigenvalue weighted by molar-refractivity contribution is 5.78. The van der Waals surface area contributed by atoms with Gasteiger partial charge in [-0.05, 0) is 48.2 Å². The van der Waals surface area contributed by atoms with Gasteiger partial charge in [-0.2, -0.15) is 13.2 Å². The minimum atomic E-state index is -4.32. The van der Waals surface area contributed by atoms with Crippen molar-refractivity contribution < 1.29 is 18.0 Å². The van der Waals surface area contributed by atoms with Crippen molar-refractivity contribution in [2.75, 3.05) is 63.8 Å². The SMILES string of the molecule is O=C(CN1CCN(c2ccc(-c3ccc(C(F)(F)F)cc3)cc2)CC1)N1CCN(C2CCC2)CC1. The summed E-state index contributed by atoms with van der Waals surface area (Å²) in [6.45, 7) is 7.58. The second kappa shape index (κ2) is 10.2. The van der Waals surface area contributed by atoms with E-state index < -0.39 is 11.7 Å². The monoisotopic (exact) mass is 486 g/mol. The number of carbonyl (C=O) groups is 1. The third kappa shape index (κ3) is 5.64. The lowest BCUT2D eigenvalue weighted by Gasteiger charge is -2.43. The molecule has 2 aromatic rings. The number of carbonyl (C=O) groups excluding carboxylic acids is 1. The number of piperazine rings is 2. The first-order chi connectivity index (χ1) is 16.9. The van der Waals surface area contributed by atoms with Crippen LogP contribution in [-0.2, 0) is 11.0 Å². The maximum Gasteiger partial charge on any atom is 0.416 e. The third-order valence-corrected chi connectivity index (χ3v) is 7.77. The van der Waals surface area contributed by atoms with Crippen molar-refractivity contribution in [3.8, 4) is 11.1 Å². The van der Waals surface area contributed by atoms with E-state index in [-0.39, 0.29) is 5.91 Å². The molecule has 3 fully saturated rings. The summed E-state index contributed by atoms with van der Waals surface area (Å²) in [5.74, 6) is 0.243. The zero-order valence-corrected chi connectivity index (χ0v) is 20.0. The van der Waals surface area contributed by atoms with Crippen LogP contribution in [0.15, 0.2) is 48.5 Å². The predicted molar refractivity (Wildman–Crippen MR) is 131 cm³/mol. The van der Waals surface area contributed by atoms with E-state index in [4.69, 9.17) is 0 Å². The molecule has 0 unspecified atom stereocenters. The molecule has 5 nitrogen and oxygen atoms in total. The molecule has 1 amide bonds. The number of amides is 1. The zero-order valence-electron chi connectivity index (χ0n) is 20.0. The van der Waals surface area contributed by atoms with Crippen LogP contribution in [0.25, 0.3) is 11.1 Å². The molecule has 2 saturated heterocycles. The predicted octanol–water partition coefficient (Wildman–Crippen LogP) is 4.19. The van der Waals surface area contributed by atoms with Crippen molar-refractivity contribution in [3.05, 3.63) is 54.1 Å². The minimum Gasteiger partial charge on any atom is -0.369 e. The number of alkyl halides is 3. The summed E-state index contributed by atoms with van der Waals surface area (Å²) in [5, 5.41) is 0. The lowest BCUT2D eigenvalue weighted by molar-refractivity contribution is -0.137. The molecule has 0 aromatic heterocycles. The minimum absolute atomic E-state index is 0.243. The lowest BCUT2D eigenvalue weighted by Crippen LogP contribution is -2.56. The zero-order chi connectivity index (χ0) is 24.4. The van der Waals surface area contributed by atoms with Crippen molar-refractivity contribution in [3.63, 3.8) is 0 Å². The van der Waals surface area contributed by atoms with Gasteiger partial charge in [0.15, 0.2) is 0 Å². The van der Waals surface area contributed by atoms with E-state index in [9.17, 15) is 18.0 Å². The highest BCUT2D eigenvalue weighted by Gasteiger charge is 2.31. The number of benzene rings is 2. The molecular weight excluding hydrogens is 453 g/mol. The van der Waals surface area contributed by atoms with Crippen molar-refractivity contribution in [2.45, 2.75) is 31.5 Å². The van der Waals surface area contributed by atoms with E-state index in [1.54, 1.807) is 0 Å². The van der Waals surface area contributed by atoms with Gasteiger partial charge in [-0.3, -0.25) is 14.6 Å². The summed E-state index contributed by atoms with van der Waals surface area (Å²) in [5.41, 5.74) is 2.12. The quantitative estimate of drug-likeness (QED) is 0.634. The number of rotatable bonds is 5. The first-order valence-corrected chi connectivity index (χ1v) is 12.6. The molecule has 1 aliphatic carbocycles. The maximum absolute atomic E-state index is 12.8. The molecule has 5 rings (SSSR count). The topological polar surface area (TPSA) is 30.0 Å². The second-order valence-corrected chi connectivity index (χ2v) is 9.89. The van der Waals surface area contributed by atoms with Crippen molar-refractivity contribution >= 4 is 11.6 Å². The first kappa shape index (κ1) is 24.1. The molecule has 0 bridgehead atoms. The fraction of sp³-hybridized carbons (Fsp3) is 0.519. The fourth-order valence-electron chi connectivity index (χ4n) is 5.26. The lowest BCUT2D eigenvalue weighted by atomic mass is 9.91. The number of nitrogens with zero attached hydrogens (tertiary/aromatic N) is 4. The van der Waals surface area contributed by atoms with Gasteiger partial charge in [-0.1, -0.05) is 30.7 Å². The fourth-order valence-corrected chi connectivity index (χ4v) is 5.26. The molecule has 0 atom stereocenters. The van der Waals surface area contributed by atoms with Gasteiger partial charge >= 0.3 is 6.18 Å². The Morgan fingerprint density at radius 3 is 1.86 bits per heavy atom. The normalized spacial score (nSPS) is 20.7. The molecule has 0 spiro atoms. The Hall–Kier alpha value is -2.58. The van der Waals surface area contributed by atoms with Gasteiger partial charge in [-0.15, -0.1) is 0 Å². The summed E-state index contributed by atoms with van der Waals surface area (Å²) in [6, 6.07) is 14.0. The van der Waals surface area contributed by atoms with Crippen LogP contribution >= 0.6 is 0 Å². The summed E-state index contributed by atoms with van der Waals surface area (Å²) >= 11 is 0. The average molecular weight is 487 g/mol. The highest BCUT2D eigenvalue weighted by atomic mass is 19.4. The molecule has 0 radical (unpaired) electrons. The summed E-state index contributed by atoms with van der Waals surface area (Å²) in [6.07, 6.45) is -0.343. The van der Waals surface area contributed by atoms with Crippen LogP contribution in [0.2, 0.25) is 0 Å². The molecule has 2 aromatic carbocycles. The second-order valence-electron chi connectivity index (χ2n) is 9.89. The Labute approximate surface area is 205 Å². The molecule has 3 aliphatic rings. The van der Waals surface area contributed by atoms with Crippen molar-refractivity contribution in [1.29, 1.82) is 0 Å². The Morgan fingerprint density at radius 1 is 0.771 bits per heavy atom. The van der Waals surface area contributed by atoms with Gasteiger partial charge in [0.2, 0.25) is 5.91 Å². The van der Waals surface area contributed by atoms with Gasteiger partial charge < -0.3 is 9.80 Å². The maximum atomic E-state index is 12.8. The van der Waals surface area contributed by atoms with E-state index in [0.717, 1.165) is 87.3 Å². The standard InChI is InChI=1S/C27H33F3N4O/c28-27(29,30)23-8-4-21(5-9-23)22-6-10-25(11-7-22)32-14-12-31(13-15-32)20-26(35)34-18-16-33(17-19-34)24-2-1-3-24/h4-11,24H,1-3,12-20H2. The smallest absolute Gasteiger partial charge is 0.369 e. The molecular formula is C27H33F3N4O. The van der Waals surface area contributed by atoms with Gasteiger partial charge in [0.25, 0.3) is 0 Å². The first-order valence-electron chi connectivity index (χ1n) is 12.6. The Bertz CT molecular complexity index is 989. The van der Waals surface area contributed by atoms with E-state index in [2.05, 4.69) is 14.7 Å². The molecule has 0 N–H and O–H groups in total. The summed E-state index contributed by atoms with van der Waals surface area (Å²) < 4.78 is 38.4. The van der Waals surface area contributed by atoms with Crippen LogP contribution in [0.3, 0.4) is 0 Å². The molecule has 188 valence electrons. The van der Waals surface area contributed by atoms with Crippen LogP contribution in [0.1, 0.15) is 24.8 Å². The number of hydrogen-bond acceptors (Lipinski definition) is 4. The third-order valence-electron chi connectivity index (χ3n) is 7.77. The number of halogens is 3. The summed E-state index contributed by atoms with van der Waals surface area (Å²) in [7, 11) is 0. The summed E-state index contributed by atoms with van der Waals surface area (Å²) in [4.78, 5) is 21.9. The molecule has 2 heterocycles. The van der Waals surface area contributed by atoms with E-state index in [1.807, 2.05) is 29.2 Å². The van der Waals surface area contributed by atoms with Gasteiger partial charge in [0.1, 0.15) is 0 Å². The van der Waals surface area contributed by atoms with Crippen molar-refractivity contribution in [1.82, 2.24) is 14.7 Å². The van der Waals surface area contributed by atoms with Gasteiger partial charge in [0.05, 0.1) is 12.1 Å². The van der Waals surface area contributed by atoms with Gasteiger partial charge in [-0.25, -0.2) is 0 Å². The largest absolute Gasteiger partial charge is 0.416 e. The number of hydrogen-bond donors (Lipinski definition) is 0. The molecule has 1 saturated carbocycles. The highest BCUT2D eigenvalue weighted by Crippen LogP contribution is 2.31. The van der Waals surface area contributed by atoms with E-state index in [0.29, 0.717) is 6.54 Å². The Morgan fingerprint density at radius 2 is 1.34 bits per heavy atom. The van der Waals surface area contributed by atoms with Crippen LogP contribution in [0.4, 0.5) is 18.9 Å². The Balaban J connectivity index is 1.08. The van der Waals surface area contributed by atoms with Crippen molar-refractivity contribution in [2.24, 2.45) is 0 Å². The average Bonchev–Trinajstić information content (AvgIpc) is 2.84. The van der Waals surface area contributed by atoms with E-state index in [1.165, 1.54) is 31.4 Å². The van der Waals surface area contributed by atoms with E-state index >= 15 is 0 Å². The Kier molecular flexibility index (Phi) is 7.02. The van der Waals surface area contributed by atoms with Crippen LogP contribution in [0, 0.1) is 0 Å². The van der Waals surface area contributed by atoms with Crippen LogP contribution in [0.5, 0.6) is 0 Å². The number of anilines is 1.